The number of hydrogen-bond acceptors (Lipinski definition) is 18. The third kappa shape index (κ3) is 11.8. The number of methoxy groups -OCH3 is 2. The molecule has 0 aromatic heterocycles. The molecular formula is C41H42O18. The first-order valence-electron chi connectivity index (χ1n) is 17.5. The number of benzene rings is 1. The molecule has 0 amide bonds. The Balaban J connectivity index is 1.34. The Kier molecular flexibility index (Phi) is 14.8. The predicted molar refractivity (Wildman–Crippen MR) is 199 cm³/mol. The van der Waals surface area contributed by atoms with E-state index in [0.29, 0.717) is 22.3 Å². The number of carbonyl (C=O) groups is 6. The number of aliphatic hydroxyl groups is 2. The number of carbonyl (C=O) groups excluding carboxylic acids is 6. The minimum atomic E-state index is -1.62. The zero-order chi connectivity index (χ0) is 43.5. The highest BCUT2D eigenvalue weighted by Crippen LogP contribution is 2.36. The molecule has 3 aliphatic rings. The summed E-state index contributed by atoms with van der Waals surface area (Å²) >= 11 is 0. The standard InChI is InChI=1S/C41H42O18/c1-23-20-30(39-54-34(46)27(35(47)55-39)16-12-10-13-17-28-36(48)58-41(5,22-51-7)59-37(28)49)24(2)19-29(23)38-52-32(44)26(33(45)53-38)15-11-8-9-14-18-31(43)57-40(4,21-50-6)56-25(3)42/h8-20,26,38-39,42,46H,3,21-22H2,1-2,4-7H3/b9-8+,13-10?,15-11+,16-12?,18-14-,28-17?. The Hall–Kier alpha value is -6.92. The monoisotopic (exact) mass is 822 g/mol. The molecule has 18 heteroatoms. The van der Waals surface area contributed by atoms with E-state index in [0.717, 1.165) is 12.2 Å². The van der Waals surface area contributed by atoms with E-state index in [9.17, 15) is 39.0 Å². The molecule has 4 rings (SSSR count). The van der Waals surface area contributed by atoms with Crippen molar-refractivity contribution in [2.75, 3.05) is 27.4 Å². The van der Waals surface area contributed by atoms with Crippen molar-refractivity contribution in [3.63, 3.8) is 0 Å². The molecule has 0 bridgehead atoms. The first kappa shape index (κ1) is 44.8. The molecule has 0 aliphatic carbocycles. The Morgan fingerprint density at radius 2 is 1.39 bits per heavy atom. The van der Waals surface area contributed by atoms with E-state index in [1.54, 1.807) is 26.0 Å². The summed E-state index contributed by atoms with van der Waals surface area (Å²) in [6.45, 7) is 8.86. The quantitative estimate of drug-likeness (QED) is 0.0342. The van der Waals surface area contributed by atoms with Crippen LogP contribution < -0.4 is 0 Å². The summed E-state index contributed by atoms with van der Waals surface area (Å²) in [6.07, 6.45) is 11.5. The van der Waals surface area contributed by atoms with Gasteiger partial charge in [0.15, 0.2) is 5.92 Å². The highest BCUT2D eigenvalue weighted by Gasteiger charge is 2.43. The first-order valence-corrected chi connectivity index (χ1v) is 17.5. The van der Waals surface area contributed by atoms with E-state index < -0.39 is 77.8 Å². The van der Waals surface area contributed by atoms with Crippen molar-refractivity contribution in [3.05, 3.63) is 131 Å². The van der Waals surface area contributed by atoms with E-state index in [4.69, 9.17) is 47.4 Å². The molecule has 2 fully saturated rings. The smallest absolute Gasteiger partial charge is 0.348 e. The van der Waals surface area contributed by atoms with Crippen LogP contribution in [0.4, 0.5) is 0 Å². The van der Waals surface area contributed by atoms with Gasteiger partial charge in [-0.1, -0.05) is 48.6 Å². The fraction of sp³-hybridized carbons (Fsp3) is 0.317. The van der Waals surface area contributed by atoms with Crippen molar-refractivity contribution in [2.45, 2.75) is 51.8 Å². The average molecular weight is 823 g/mol. The second kappa shape index (κ2) is 19.5. The van der Waals surface area contributed by atoms with Crippen LogP contribution in [0, 0.1) is 19.8 Å². The predicted octanol–water partition coefficient (Wildman–Crippen LogP) is 4.48. The third-order valence-electron chi connectivity index (χ3n) is 8.14. The molecule has 1 aromatic rings. The van der Waals surface area contributed by atoms with Crippen molar-refractivity contribution in [3.8, 4) is 0 Å². The first-order chi connectivity index (χ1) is 27.9. The summed E-state index contributed by atoms with van der Waals surface area (Å²) < 4.78 is 52.0. The molecular weight excluding hydrogens is 780 g/mol. The van der Waals surface area contributed by atoms with Crippen LogP contribution in [0.3, 0.4) is 0 Å². The normalized spacial score (nSPS) is 23.5. The lowest BCUT2D eigenvalue weighted by atomic mass is 9.98. The van der Waals surface area contributed by atoms with Gasteiger partial charge in [0.2, 0.25) is 0 Å². The maximum absolute atomic E-state index is 12.9. The number of aliphatic hydroxyl groups excluding tert-OH is 2. The molecule has 2 saturated heterocycles. The van der Waals surface area contributed by atoms with Gasteiger partial charge in [-0.05, 0) is 55.8 Å². The summed E-state index contributed by atoms with van der Waals surface area (Å²) in [6, 6.07) is 3.11. The third-order valence-corrected chi connectivity index (χ3v) is 8.14. The van der Waals surface area contributed by atoms with Gasteiger partial charge in [0.25, 0.3) is 36.0 Å². The Labute approximate surface area is 337 Å². The van der Waals surface area contributed by atoms with Crippen LogP contribution in [-0.2, 0) is 76.1 Å². The van der Waals surface area contributed by atoms with Gasteiger partial charge in [-0.25, -0.2) is 19.2 Å². The molecule has 18 nitrogen and oxygen atoms in total. The average Bonchev–Trinajstić information content (AvgIpc) is 3.12. The number of aryl methyl sites for hydroxylation is 2. The van der Waals surface area contributed by atoms with Gasteiger partial charge in [-0.2, -0.15) is 0 Å². The summed E-state index contributed by atoms with van der Waals surface area (Å²) in [5, 5.41) is 19.9. The molecule has 314 valence electrons. The second-order valence-electron chi connectivity index (χ2n) is 13.1. The van der Waals surface area contributed by atoms with Crippen molar-refractivity contribution in [1.82, 2.24) is 0 Å². The lowest BCUT2D eigenvalue weighted by Crippen LogP contribution is -2.47. The SMILES string of the molecule is C=C(O)OC(C)(COC)OC(=O)\C=C/C=C/C=C/C1C(=O)OC(c2cc(C)c(C3OC(=O)C(C=CC=CC=C4C(=O)OC(C)(COC)OC4=O)=C(O)O3)cc2C)OC1=O. The molecule has 3 heterocycles. The van der Waals surface area contributed by atoms with Crippen molar-refractivity contribution >= 4 is 35.8 Å². The molecule has 0 radical (unpaired) electrons. The van der Waals surface area contributed by atoms with Gasteiger partial charge in [0.05, 0.1) is 0 Å². The number of esters is 6. The highest BCUT2D eigenvalue weighted by molar-refractivity contribution is 6.15. The number of cyclic esters (lactones) is 5. The van der Waals surface area contributed by atoms with Crippen LogP contribution in [0.5, 0.6) is 0 Å². The van der Waals surface area contributed by atoms with Gasteiger partial charge in [0.1, 0.15) is 24.4 Å². The van der Waals surface area contributed by atoms with Crippen LogP contribution in [0.15, 0.2) is 109 Å². The van der Waals surface area contributed by atoms with Crippen molar-refractivity contribution in [2.24, 2.45) is 5.92 Å². The molecule has 0 spiro atoms. The maximum atomic E-state index is 12.9. The van der Waals surface area contributed by atoms with Gasteiger partial charge >= 0.3 is 35.8 Å². The fourth-order valence-corrected chi connectivity index (χ4v) is 5.54. The number of rotatable bonds is 16. The van der Waals surface area contributed by atoms with E-state index in [2.05, 4.69) is 6.58 Å². The fourth-order valence-electron chi connectivity index (χ4n) is 5.54. The van der Waals surface area contributed by atoms with Crippen molar-refractivity contribution in [1.29, 1.82) is 0 Å². The molecule has 1 aromatic carbocycles. The van der Waals surface area contributed by atoms with Crippen LogP contribution in [-0.4, -0.2) is 85.0 Å². The summed E-state index contributed by atoms with van der Waals surface area (Å²) in [7, 11) is 2.70. The number of hydrogen-bond donors (Lipinski definition) is 2. The molecule has 2 N–H and O–H groups in total. The van der Waals surface area contributed by atoms with Crippen LogP contribution in [0.25, 0.3) is 0 Å². The van der Waals surface area contributed by atoms with Crippen LogP contribution in [0.1, 0.15) is 48.7 Å². The Morgan fingerprint density at radius 3 is 1.95 bits per heavy atom. The summed E-state index contributed by atoms with van der Waals surface area (Å²) in [5.74, 6) is -11.3. The number of allylic oxidation sites excluding steroid dienone is 8. The highest BCUT2D eigenvalue weighted by atomic mass is 16.8. The molecule has 59 heavy (non-hydrogen) atoms. The van der Waals surface area contributed by atoms with Crippen LogP contribution in [0.2, 0.25) is 0 Å². The van der Waals surface area contributed by atoms with E-state index in [1.807, 2.05) is 0 Å². The molecule has 0 saturated carbocycles. The second-order valence-corrected chi connectivity index (χ2v) is 13.1. The van der Waals surface area contributed by atoms with Crippen molar-refractivity contribution < 1.29 is 86.3 Å². The molecule has 2 unspecified atom stereocenters. The Morgan fingerprint density at radius 1 is 0.814 bits per heavy atom. The van der Waals surface area contributed by atoms with Crippen LogP contribution >= 0.6 is 0 Å². The minimum Gasteiger partial charge on any atom is -0.481 e. The zero-order valence-corrected chi connectivity index (χ0v) is 32.8. The topological polar surface area (TPSA) is 235 Å². The largest absolute Gasteiger partial charge is 0.481 e. The van der Waals surface area contributed by atoms with Gasteiger partial charge < -0.3 is 57.6 Å². The Bertz CT molecular complexity index is 2040. The van der Waals surface area contributed by atoms with Gasteiger partial charge in [-0.15, -0.1) is 0 Å². The number of ether oxygens (including phenoxy) is 10. The zero-order valence-electron chi connectivity index (χ0n) is 32.8. The van der Waals surface area contributed by atoms with E-state index in [1.165, 1.54) is 82.8 Å². The molecule has 2 atom stereocenters. The van der Waals surface area contributed by atoms with E-state index in [-0.39, 0.29) is 24.4 Å². The van der Waals surface area contributed by atoms with Gasteiger partial charge in [-0.3, -0.25) is 9.59 Å². The minimum absolute atomic E-state index is 0.154. The maximum Gasteiger partial charge on any atom is 0.348 e. The van der Waals surface area contributed by atoms with E-state index >= 15 is 0 Å². The summed E-state index contributed by atoms with van der Waals surface area (Å²) in [5.41, 5.74) is 0.915. The molecule has 3 aliphatic heterocycles. The lowest BCUT2D eigenvalue weighted by molar-refractivity contribution is -0.241. The van der Waals surface area contributed by atoms with Gasteiger partial charge in [0, 0.05) is 45.3 Å². The lowest BCUT2D eigenvalue weighted by Gasteiger charge is -2.32. The summed E-state index contributed by atoms with van der Waals surface area (Å²) in [4.78, 5) is 75.2.